The highest BCUT2D eigenvalue weighted by atomic mass is 15.1. The minimum Gasteiger partial charge on any atom is -0.299 e. The van der Waals surface area contributed by atoms with Crippen LogP contribution in [0.1, 0.15) is 37.9 Å². The first-order valence-corrected chi connectivity index (χ1v) is 7.71. The van der Waals surface area contributed by atoms with Crippen LogP contribution >= 0.6 is 0 Å². The summed E-state index contributed by atoms with van der Waals surface area (Å²) in [7, 11) is 0. The fourth-order valence-electron chi connectivity index (χ4n) is 3.13. The van der Waals surface area contributed by atoms with Crippen molar-refractivity contribution < 1.29 is 0 Å². The number of aromatic amines is 1. The highest BCUT2D eigenvalue weighted by Gasteiger charge is 2.17. The van der Waals surface area contributed by atoms with E-state index in [4.69, 9.17) is 0 Å². The van der Waals surface area contributed by atoms with Crippen molar-refractivity contribution in [1.29, 1.82) is 0 Å². The van der Waals surface area contributed by atoms with Crippen molar-refractivity contribution >= 4 is 16.5 Å². The molecule has 0 spiro atoms. The van der Waals surface area contributed by atoms with Gasteiger partial charge in [0.25, 0.3) is 0 Å². The molecule has 3 nitrogen and oxygen atoms in total. The lowest BCUT2D eigenvalue weighted by Gasteiger charge is -2.26. The number of aryl methyl sites for hydroxylation is 1. The molecule has 1 N–H and O–H groups in total. The third-order valence-electron chi connectivity index (χ3n) is 4.14. The van der Waals surface area contributed by atoms with Crippen LogP contribution in [-0.2, 0) is 6.42 Å². The number of para-hydroxylation sites is 1. The Bertz CT molecular complexity index is 624. The minimum atomic E-state index is 1.03. The molecule has 2 aromatic rings. The SMILES string of the molecule is CCCN1CCC=C(c2n[nH]c3c(CC)cccc23)C1. The molecule has 2 heterocycles. The number of nitrogens with zero attached hydrogens (tertiary/aromatic N) is 2. The van der Waals surface area contributed by atoms with Crippen molar-refractivity contribution in [2.75, 3.05) is 19.6 Å². The highest BCUT2D eigenvalue weighted by Crippen LogP contribution is 2.27. The Labute approximate surface area is 120 Å². The first kappa shape index (κ1) is 13.4. The zero-order valence-corrected chi connectivity index (χ0v) is 12.4. The van der Waals surface area contributed by atoms with Gasteiger partial charge in [0.05, 0.1) is 11.2 Å². The zero-order valence-electron chi connectivity index (χ0n) is 12.4. The molecule has 0 amide bonds. The molecule has 106 valence electrons. The third kappa shape index (κ3) is 2.38. The molecular weight excluding hydrogens is 246 g/mol. The summed E-state index contributed by atoms with van der Waals surface area (Å²) in [4.78, 5) is 2.53. The molecular formula is C17H23N3. The van der Waals surface area contributed by atoms with Crippen molar-refractivity contribution in [2.24, 2.45) is 0 Å². The molecule has 1 aromatic carbocycles. The number of aromatic nitrogens is 2. The van der Waals surface area contributed by atoms with Gasteiger partial charge in [-0.2, -0.15) is 5.10 Å². The minimum absolute atomic E-state index is 1.03. The van der Waals surface area contributed by atoms with E-state index >= 15 is 0 Å². The van der Waals surface area contributed by atoms with Gasteiger partial charge in [-0.15, -0.1) is 0 Å². The molecule has 0 aliphatic carbocycles. The van der Waals surface area contributed by atoms with Crippen LogP contribution in [0.25, 0.3) is 16.5 Å². The lowest BCUT2D eigenvalue weighted by Crippen LogP contribution is -2.30. The van der Waals surface area contributed by atoms with Crippen LogP contribution in [0.4, 0.5) is 0 Å². The number of hydrogen-bond acceptors (Lipinski definition) is 2. The van der Waals surface area contributed by atoms with Crippen molar-refractivity contribution in [1.82, 2.24) is 15.1 Å². The molecule has 0 radical (unpaired) electrons. The van der Waals surface area contributed by atoms with Crippen LogP contribution in [0.2, 0.25) is 0 Å². The fraction of sp³-hybridized carbons (Fsp3) is 0.471. The number of fused-ring (bicyclic) bond motifs is 1. The van der Waals surface area contributed by atoms with E-state index in [-0.39, 0.29) is 0 Å². The standard InChI is InChI=1S/C17H23N3/c1-3-10-20-11-6-8-14(12-20)17-15-9-5-7-13(4-2)16(15)18-19-17/h5,7-9H,3-4,6,10-12H2,1-2H3,(H,18,19). The Morgan fingerprint density at radius 2 is 2.20 bits per heavy atom. The lowest BCUT2D eigenvalue weighted by atomic mass is 10.0. The van der Waals surface area contributed by atoms with Gasteiger partial charge in [-0.25, -0.2) is 0 Å². The number of H-pyrrole nitrogens is 1. The van der Waals surface area contributed by atoms with Gasteiger partial charge in [0.1, 0.15) is 0 Å². The first-order chi connectivity index (χ1) is 9.83. The predicted octanol–water partition coefficient (Wildman–Crippen LogP) is 3.62. The van der Waals surface area contributed by atoms with E-state index < -0.39 is 0 Å². The summed E-state index contributed by atoms with van der Waals surface area (Å²) in [6.07, 6.45) is 5.76. The van der Waals surface area contributed by atoms with Crippen LogP contribution in [0.15, 0.2) is 24.3 Å². The Kier molecular flexibility index (Phi) is 3.88. The molecule has 0 saturated heterocycles. The van der Waals surface area contributed by atoms with Gasteiger partial charge in [0.2, 0.25) is 0 Å². The summed E-state index contributed by atoms with van der Waals surface area (Å²) in [5, 5.41) is 9.12. The molecule has 0 atom stereocenters. The predicted molar refractivity (Wildman–Crippen MR) is 84.8 cm³/mol. The Balaban J connectivity index is 1.96. The first-order valence-electron chi connectivity index (χ1n) is 7.71. The fourth-order valence-corrected chi connectivity index (χ4v) is 3.13. The molecule has 1 aliphatic rings. The number of nitrogens with one attached hydrogen (secondary N) is 1. The monoisotopic (exact) mass is 269 g/mol. The second-order valence-corrected chi connectivity index (χ2v) is 5.56. The van der Waals surface area contributed by atoms with Gasteiger partial charge in [-0.1, -0.05) is 38.1 Å². The van der Waals surface area contributed by atoms with Crippen LogP contribution in [-0.4, -0.2) is 34.7 Å². The van der Waals surface area contributed by atoms with Crippen LogP contribution in [0.5, 0.6) is 0 Å². The second-order valence-electron chi connectivity index (χ2n) is 5.56. The Morgan fingerprint density at radius 3 is 3.00 bits per heavy atom. The van der Waals surface area contributed by atoms with Crippen molar-refractivity contribution in [2.45, 2.75) is 33.1 Å². The summed E-state index contributed by atoms with van der Waals surface area (Å²) >= 11 is 0. The maximum atomic E-state index is 4.60. The largest absolute Gasteiger partial charge is 0.299 e. The summed E-state index contributed by atoms with van der Waals surface area (Å²) < 4.78 is 0. The topological polar surface area (TPSA) is 31.9 Å². The molecule has 1 aromatic heterocycles. The third-order valence-corrected chi connectivity index (χ3v) is 4.14. The molecule has 3 rings (SSSR count). The summed E-state index contributed by atoms with van der Waals surface area (Å²) in [5.41, 5.74) is 5.09. The lowest BCUT2D eigenvalue weighted by molar-refractivity contribution is 0.305. The number of rotatable bonds is 4. The van der Waals surface area contributed by atoms with E-state index in [0.717, 1.165) is 25.1 Å². The molecule has 0 saturated carbocycles. The number of hydrogen-bond donors (Lipinski definition) is 1. The van der Waals surface area contributed by atoms with E-state index in [1.807, 2.05) is 0 Å². The van der Waals surface area contributed by atoms with E-state index in [2.05, 4.69) is 53.2 Å². The highest BCUT2D eigenvalue weighted by molar-refractivity contribution is 5.92. The maximum absolute atomic E-state index is 4.60. The summed E-state index contributed by atoms with van der Waals surface area (Å²) in [6.45, 7) is 7.83. The normalized spacial score (nSPS) is 16.6. The Morgan fingerprint density at radius 1 is 1.30 bits per heavy atom. The van der Waals surface area contributed by atoms with E-state index in [1.54, 1.807) is 0 Å². The number of benzene rings is 1. The quantitative estimate of drug-likeness (QED) is 0.919. The van der Waals surface area contributed by atoms with Gasteiger partial charge < -0.3 is 0 Å². The summed E-state index contributed by atoms with van der Waals surface area (Å²) in [6, 6.07) is 6.52. The van der Waals surface area contributed by atoms with Gasteiger partial charge >= 0.3 is 0 Å². The van der Waals surface area contributed by atoms with Crippen molar-refractivity contribution in [3.63, 3.8) is 0 Å². The average molecular weight is 269 g/mol. The Hall–Kier alpha value is -1.61. The van der Waals surface area contributed by atoms with Crippen LogP contribution in [0, 0.1) is 0 Å². The zero-order chi connectivity index (χ0) is 13.9. The molecule has 3 heteroatoms. The van der Waals surface area contributed by atoms with Gasteiger partial charge in [0.15, 0.2) is 0 Å². The molecule has 0 bridgehead atoms. The molecule has 1 aliphatic heterocycles. The van der Waals surface area contributed by atoms with E-state index in [0.29, 0.717) is 0 Å². The molecule has 20 heavy (non-hydrogen) atoms. The van der Waals surface area contributed by atoms with Crippen LogP contribution in [0.3, 0.4) is 0 Å². The maximum Gasteiger partial charge on any atom is 0.0969 e. The van der Waals surface area contributed by atoms with E-state index in [9.17, 15) is 0 Å². The molecule has 0 fully saturated rings. The summed E-state index contributed by atoms with van der Waals surface area (Å²) in [5.74, 6) is 0. The van der Waals surface area contributed by atoms with Gasteiger partial charge in [-0.05, 0) is 36.9 Å². The second kappa shape index (κ2) is 5.80. The molecule has 0 unspecified atom stereocenters. The van der Waals surface area contributed by atoms with Gasteiger partial charge in [-0.3, -0.25) is 10.00 Å². The van der Waals surface area contributed by atoms with Crippen LogP contribution < -0.4 is 0 Å². The van der Waals surface area contributed by atoms with Gasteiger partial charge in [0, 0.05) is 18.5 Å². The van der Waals surface area contributed by atoms with Crippen molar-refractivity contribution in [3.8, 4) is 0 Å². The van der Waals surface area contributed by atoms with Crippen molar-refractivity contribution in [3.05, 3.63) is 35.5 Å². The average Bonchev–Trinajstić information content (AvgIpc) is 2.92. The van der Waals surface area contributed by atoms with E-state index in [1.165, 1.54) is 41.5 Å². The smallest absolute Gasteiger partial charge is 0.0969 e.